The largest absolute Gasteiger partial charge is 0.325 e. The Morgan fingerprint density at radius 1 is 1.23 bits per heavy atom. The highest BCUT2D eigenvalue weighted by molar-refractivity contribution is 7.18. The van der Waals surface area contributed by atoms with Gasteiger partial charge in [-0.2, -0.15) is 0 Å². The van der Waals surface area contributed by atoms with Gasteiger partial charge in [-0.1, -0.05) is 24.3 Å². The van der Waals surface area contributed by atoms with Crippen molar-refractivity contribution >= 4 is 44.7 Å². The molecule has 0 spiro atoms. The summed E-state index contributed by atoms with van der Waals surface area (Å²) in [6, 6.07) is 15.9. The SMILES string of the molecule is C[C@H](Cl)C(=O)Nc1ccc(Cc2nc3ccccc3s2)cc1. The molecule has 112 valence electrons. The fourth-order valence-corrected chi connectivity index (χ4v) is 3.17. The third kappa shape index (κ3) is 3.46. The smallest absolute Gasteiger partial charge is 0.242 e. The number of para-hydroxylation sites is 1. The van der Waals surface area contributed by atoms with Crippen LogP contribution in [0.2, 0.25) is 0 Å². The molecule has 0 saturated heterocycles. The first-order valence-corrected chi connectivity index (χ1v) is 8.25. The second-order valence-electron chi connectivity index (χ2n) is 5.05. The minimum atomic E-state index is -0.539. The standard InChI is InChI=1S/C17H15ClN2OS/c1-11(18)17(21)19-13-8-6-12(7-9-13)10-16-20-14-4-2-3-5-15(14)22-16/h2-9,11H,10H2,1H3,(H,19,21)/t11-/m0/s1. The van der Waals surface area contributed by atoms with Gasteiger partial charge < -0.3 is 5.32 Å². The van der Waals surface area contributed by atoms with E-state index in [1.165, 1.54) is 4.70 Å². The number of halogens is 1. The van der Waals surface area contributed by atoms with Crippen LogP contribution in [-0.4, -0.2) is 16.3 Å². The van der Waals surface area contributed by atoms with E-state index in [2.05, 4.69) is 16.4 Å². The fourth-order valence-electron chi connectivity index (χ4n) is 2.12. The van der Waals surface area contributed by atoms with Crippen LogP contribution >= 0.6 is 22.9 Å². The van der Waals surface area contributed by atoms with E-state index in [1.54, 1.807) is 18.3 Å². The van der Waals surface area contributed by atoms with Crippen molar-refractivity contribution in [2.45, 2.75) is 18.7 Å². The van der Waals surface area contributed by atoms with Crippen molar-refractivity contribution in [3.8, 4) is 0 Å². The maximum Gasteiger partial charge on any atom is 0.242 e. The van der Waals surface area contributed by atoms with Gasteiger partial charge in [-0.05, 0) is 36.8 Å². The zero-order chi connectivity index (χ0) is 15.5. The van der Waals surface area contributed by atoms with Gasteiger partial charge in [0.2, 0.25) is 5.91 Å². The maximum atomic E-state index is 11.5. The van der Waals surface area contributed by atoms with Gasteiger partial charge in [0.25, 0.3) is 0 Å². The third-order valence-electron chi connectivity index (χ3n) is 3.28. The number of aromatic nitrogens is 1. The molecule has 0 aliphatic heterocycles. The van der Waals surface area contributed by atoms with Crippen LogP contribution in [0.5, 0.6) is 0 Å². The van der Waals surface area contributed by atoms with Crippen LogP contribution in [-0.2, 0) is 11.2 Å². The lowest BCUT2D eigenvalue weighted by Gasteiger charge is -2.07. The van der Waals surface area contributed by atoms with E-state index in [0.29, 0.717) is 0 Å². The molecule has 1 aromatic heterocycles. The minimum absolute atomic E-state index is 0.194. The van der Waals surface area contributed by atoms with Gasteiger partial charge >= 0.3 is 0 Å². The molecule has 22 heavy (non-hydrogen) atoms. The number of amides is 1. The zero-order valence-corrected chi connectivity index (χ0v) is 13.6. The summed E-state index contributed by atoms with van der Waals surface area (Å²) >= 11 is 7.45. The Labute approximate surface area is 138 Å². The first-order chi connectivity index (χ1) is 10.6. The molecular weight excluding hydrogens is 316 g/mol. The second-order valence-corrected chi connectivity index (χ2v) is 6.82. The van der Waals surface area contributed by atoms with Crippen molar-refractivity contribution < 1.29 is 4.79 Å². The summed E-state index contributed by atoms with van der Waals surface area (Å²) in [6.45, 7) is 1.65. The Morgan fingerprint density at radius 3 is 2.64 bits per heavy atom. The number of nitrogens with zero attached hydrogens (tertiary/aromatic N) is 1. The monoisotopic (exact) mass is 330 g/mol. The van der Waals surface area contributed by atoms with E-state index in [1.807, 2.05) is 42.5 Å². The first kappa shape index (κ1) is 15.0. The number of alkyl halides is 1. The third-order valence-corrected chi connectivity index (χ3v) is 4.51. The summed E-state index contributed by atoms with van der Waals surface area (Å²) < 4.78 is 1.21. The van der Waals surface area contributed by atoms with Crippen molar-refractivity contribution in [1.82, 2.24) is 4.98 Å². The average Bonchev–Trinajstić information content (AvgIpc) is 2.91. The second kappa shape index (κ2) is 6.46. The number of nitrogens with one attached hydrogen (secondary N) is 1. The Kier molecular flexibility index (Phi) is 4.41. The van der Waals surface area contributed by atoms with Gasteiger partial charge in [0.15, 0.2) is 0 Å². The molecule has 0 radical (unpaired) electrons. The first-order valence-electron chi connectivity index (χ1n) is 7.00. The van der Waals surface area contributed by atoms with Crippen molar-refractivity contribution in [1.29, 1.82) is 0 Å². The van der Waals surface area contributed by atoms with E-state index in [-0.39, 0.29) is 5.91 Å². The van der Waals surface area contributed by atoms with Crippen LogP contribution in [0.3, 0.4) is 0 Å². The topological polar surface area (TPSA) is 42.0 Å². The highest BCUT2D eigenvalue weighted by atomic mass is 35.5. The number of carbonyl (C=O) groups excluding carboxylic acids is 1. The molecular formula is C17H15ClN2OS. The molecule has 1 heterocycles. The maximum absolute atomic E-state index is 11.5. The quantitative estimate of drug-likeness (QED) is 0.718. The van der Waals surface area contributed by atoms with Crippen molar-refractivity contribution in [3.05, 3.63) is 59.1 Å². The molecule has 1 amide bonds. The van der Waals surface area contributed by atoms with Gasteiger partial charge in [-0.25, -0.2) is 4.98 Å². The van der Waals surface area contributed by atoms with E-state index in [4.69, 9.17) is 11.6 Å². The number of thiazole rings is 1. The van der Waals surface area contributed by atoms with E-state index < -0.39 is 5.38 Å². The summed E-state index contributed by atoms with van der Waals surface area (Å²) in [6.07, 6.45) is 0.791. The van der Waals surface area contributed by atoms with E-state index in [9.17, 15) is 4.79 Å². The number of hydrogen-bond acceptors (Lipinski definition) is 3. The predicted octanol–water partition coefficient (Wildman–Crippen LogP) is 4.45. The van der Waals surface area contributed by atoms with Crippen LogP contribution in [0.25, 0.3) is 10.2 Å². The molecule has 0 fully saturated rings. The van der Waals surface area contributed by atoms with Crippen LogP contribution in [0.15, 0.2) is 48.5 Å². The van der Waals surface area contributed by atoms with E-state index >= 15 is 0 Å². The van der Waals surface area contributed by atoms with Crippen molar-refractivity contribution in [2.75, 3.05) is 5.32 Å². The molecule has 3 rings (SSSR count). The molecule has 0 saturated carbocycles. The molecule has 2 aromatic carbocycles. The van der Waals surface area contributed by atoms with Crippen molar-refractivity contribution in [2.24, 2.45) is 0 Å². The lowest BCUT2D eigenvalue weighted by Crippen LogP contribution is -2.20. The van der Waals surface area contributed by atoms with Crippen molar-refractivity contribution in [3.63, 3.8) is 0 Å². The van der Waals surface area contributed by atoms with Gasteiger partial charge in [0.05, 0.1) is 15.2 Å². The molecule has 0 aliphatic carbocycles. The molecule has 1 N–H and O–H groups in total. The molecule has 0 aliphatic rings. The number of rotatable bonds is 4. The number of anilines is 1. The Balaban J connectivity index is 1.71. The zero-order valence-electron chi connectivity index (χ0n) is 12.0. The molecule has 1 atom stereocenters. The number of fused-ring (bicyclic) bond motifs is 1. The number of benzene rings is 2. The predicted molar refractivity (Wildman–Crippen MR) is 92.8 cm³/mol. The Hall–Kier alpha value is -1.91. The molecule has 0 unspecified atom stereocenters. The summed E-state index contributed by atoms with van der Waals surface area (Å²) in [5.74, 6) is -0.194. The van der Waals surface area contributed by atoms with Crippen LogP contribution in [0.1, 0.15) is 17.5 Å². The Morgan fingerprint density at radius 2 is 1.95 bits per heavy atom. The number of carbonyl (C=O) groups is 1. The Bertz CT molecular complexity index is 763. The van der Waals surface area contributed by atoms with Crippen LogP contribution < -0.4 is 5.32 Å². The van der Waals surface area contributed by atoms with Crippen LogP contribution in [0.4, 0.5) is 5.69 Å². The lowest BCUT2D eigenvalue weighted by molar-refractivity contribution is -0.115. The number of hydrogen-bond donors (Lipinski definition) is 1. The molecule has 5 heteroatoms. The lowest BCUT2D eigenvalue weighted by atomic mass is 10.1. The minimum Gasteiger partial charge on any atom is -0.325 e. The van der Waals surface area contributed by atoms with Gasteiger partial charge in [0.1, 0.15) is 5.38 Å². The average molecular weight is 331 g/mol. The summed E-state index contributed by atoms with van der Waals surface area (Å²) in [5, 5.41) is 3.32. The van der Waals surface area contributed by atoms with Crippen LogP contribution in [0, 0.1) is 0 Å². The van der Waals surface area contributed by atoms with Gasteiger partial charge in [0, 0.05) is 12.1 Å². The summed E-state index contributed by atoms with van der Waals surface area (Å²) in [7, 11) is 0. The van der Waals surface area contributed by atoms with E-state index in [0.717, 1.165) is 28.2 Å². The summed E-state index contributed by atoms with van der Waals surface area (Å²) in [5.41, 5.74) is 2.96. The van der Waals surface area contributed by atoms with Gasteiger partial charge in [-0.15, -0.1) is 22.9 Å². The fraction of sp³-hybridized carbons (Fsp3) is 0.176. The molecule has 0 bridgehead atoms. The highest BCUT2D eigenvalue weighted by Crippen LogP contribution is 2.24. The normalized spacial score (nSPS) is 12.3. The summed E-state index contributed by atoms with van der Waals surface area (Å²) in [4.78, 5) is 16.2. The molecule has 3 nitrogen and oxygen atoms in total. The molecule has 3 aromatic rings. The highest BCUT2D eigenvalue weighted by Gasteiger charge is 2.09. The van der Waals surface area contributed by atoms with Gasteiger partial charge in [-0.3, -0.25) is 4.79 Å².